The lowest BCUT2D eigenvalue weighted by Gasteiger charge is -2.44. The first-order valence-electron chi connectivity index (χ1n) is 32.6. The molecule has 0 aromatic heterocycles. The van der Waals surface area contributed by atoms with Crippen LogP contribution < -0.4 is 9.80 Å². The van der Waals surface area contributed by atoms with Crippen molar-refractivity contribution in [2.45, 2.75) is 43.9 Å². The van der Waals surface area contributed by atoms with E-state index >= 15 is 0 Å². The van der Waals surface area contributed by atoms with Crippen molar-refractivity contribution in [3.63, 3.8) is 0 Å². The Morgan fingerprint density at radius 2 is 0.602 bits per heavy atom. The minimum atomic E-state index is -0.713. The maximum atomic E-state index is 2.58. The maximum Gasteiger partial charge on any atom is 0.0734 e. The van der Waals surface area contributed by atoms with Crippen LogP contribution >= 0.6 is 0 Å². The van der Waals surface area contributed by atoms with E-state index in [2.05, 4.69) is 377 Å². The van der Waals surface area contributed by atoms with Crippen LogP contribution in [0.4, 0.5) is 34.1 Å². The Hall–Kier alpha value is -11.3. The number of nitrogens with zero attached hydrogens (tertiary/aromatic N) is 2. The fourth-order valence-electron chi connectivity index (χ4n) is 16.1. The lowest BCUT2D eigenvalue weighted by Crippen LogP contribution is -2.32. The van der Waals surface area contributed by atoms with Crippen molar-refractivity contribution in [3.05, 3.63) is 384 Å². The van der Waals surface area contributed by atoms with E-state index in [1.807, 2.05) is 0 Å². The summed E-state index contributed by atoms with van der Waals surface area (Å²) in [5.74, 6) is 0. The van der Waals surface area contributed by atoms with Gasteiger partial charge in [-0.15, -0.1) is 0 Å². The van der Waals surface area contributed by atoms with E-state index < -0.39 is 5.41 Å². The molecule has 3 aliphatic rings. The summed E-state index contributed by atoms with van der Waals surface area (Å²) in [5, 5.41) is 0. The summed E-state index contributed by atoms with van der Waals surface area (Å²) in [5.41, 5.74) is 33.0. The van der Waals surface area contributed by atoms with E-state index in [0.29, 0.717) is 0 Å². The van der Waals surface area contributed by atoms with E-state index in [4.69, 9.17) is 0 Å². The van der Waals surface area contributed by atoms with Crippen molar-refractivity contribution < 1.29 is 0 Å². The Kier molecular flexibility index (Phi) is 13.2. The molecule has 442 valence electrons. The molecule has 1 heterocycles. The third-order valence-electron chi connectivity index (χ3n) is 20.5. The van der Waals surface area contributed by atoms with Crippen LogP contribution in [0.3, 0.4) is 0 Å². The van der Waals surface area contributed by atoms with Crippen LogP contribution in [-0.2, 0) is 16.2 Å². The molecule has 1 unspecified atom stereocenters. The summed E-state index contributed by atoms with van der Waals surface area (Å²) in [6, 6.07) is 127. The van der Waals surface area contributed by atoms with E-state index in [0.717, 1.165) is 28.2 Å². The largest absolute Gasteiger partial charge is 0.310 e. The summed E-state index contributed by atoms with van der Waals surface area (Å²) in [7, 11) is 0. The van der Waals surface area contributed by atoms with Gasteiger partial charge >= 0.3 is 0 Å². The van der Waals surface area contributed by atoms with E-state index in [9.17, 15) is 0 Å². The number of rotatable bonds is 11. The highest BCUT2D eigenvalue weighted by atomic mass is 15.2. The molecule has 1 aliphatic heterocycles. The van der Waals surface area contributed by atoms with Gasteiger partial charge < -0.3 is 9.80 Å². The molecule has 14 aromatic carbocycles. The SMILES string of the molecule is CC1(C)c2cc(-c3ccccc3)ccc2N(c2cccc3c2C(C)(C)c2ccccc2-3)c2ccc(-c3ccc(-c4cccc(C5(c6ccccc6)c6ccccc6-c6cccc(N(c7ccc(-c8ccccc8)cc7)c7ccc(-c8ccccc8)cc7)c65)c4)cc3)cc21. The zero-order chi connectivity index (χ0) is 62.4. The summed E-state index contributed by atoms with van der Waals surface area (Å²) < 4.78 is 0. The van der Waals surface area contributed by atoms with Crippen LogP contribution in [0.1, 0.15) is 72.2 Å². The van der Waals surface area contributed by atoms with Crippen molar-refractivity contribution in [1.29, 1.82) is 0 Å². The predicted octanol–water partition coefficient (Wildman–Crippen LogP) is 24.3. The van der Waals surface area contributed by atoms with Gasteiger partial charge in [0.2, 0.25) is 0 Å². The van der Waals surface area contributed by atoms with Crippen LogP contribution in [0.5, 0.6) is 0 Å². The molecule has 0 N–H and O–H groups in total. The molecular formula is C91H68N2. The van der Waals surface area contributed by atoms with E-state index in [1.165, 1.54) is 128 Å². The number of hydrogen-bond donors (Lipinski definition) is 0. The molecule has 0 amide bonds. The Balaban J connectivity index is 0.790. The topological polar surface area (TPSA) is 6.48 Å². The number of fused-ring (bicyclic) bond motifs is 8. The molecule has 93 heavy (non-hydrogen) atoms. The highest BCUT2D eigenvalue weighted by molar-refractivity contribution is 5.97. The van der Waals surface area contributed by atoms with Crippen molar-refractivity contribution in [2.75, 3.05) is 9.80 Å². The monoisotopic (exact) mass is 1190 g/mol. The molecule has 0 saturated heterocycles. The van der Waals surface area contributed by atoms with Crippen molar-refractivity contribution in [1.82, 2.24) is 0 Å². The average molecular weight is 1190 g/mol. The lowest BCUT2D eigenvalue weighted by atomic mass is 9.66. The normalized spacial score (nSPS) is 15.1. The Morgan fingerprint density at radius 1 is 0.237 bits per heavy atom. The third kappa shape index (κ3) is 8.92. The summed E-state index contributed by atoms with van der Waals surface area (Å²) >= 11 is 0. The second-order valence-electron chi connectivity index (χ2n) is 26.3. The zero-order valence-electron chi connectivity index (χ0n) is 52.7. The van der Waals surface area contributed by atoms with Crippen molar-refractivity contribution in [2.24, 2.45) is 0 Å². The van der Waals surface area contributed by atoms with Crippen molar-refractivity contribution >= 4 is 34.1 Å². The van der Waals surface area contributed by atoms with Gasteiger partial charge in [0.15, 0.2) is 0 Å². The summed E-state index contributed by atoms with van der Waals surface area (Å²) in [6.07, 6.45) is 0. The van der Waals surface area contributed by atoms with Crippen LogP contribution in [0.2, 0.25) is 0 Å². The highest BCUT2D eigenvalue weighted by Gasteiger charge is 2.49. The number of anilines is 6. The molecule has 14 aromatic rings. The highest BCUT2D eigenvalue weighted by Crippen LogP contribution is 2.62. The van der Waals surface area contributed by atoms with Gasteiger partial charge in [-0.3, -0.25) is 0 Å². The van der Waals surface area contributed by atoms with E-state index in [1.54, 1.807) is 0 Å². The molecule has 0 saturated carbocycles. The van der Waals surface area contributed by atoms with Crippen LogP contribution in [-0.4, -0.2) is 0 Å². The van der Waals surface area contributed by atoms with Crippen LogP contribution in [0.25, 0.3) is 77.9 Å². The number of hydrogen-bond acceptors (Lipinski definition) is 2. The Bertz CT molecular complexity index is 5080. The van der Waals surface area contributed by atoms with Crippen LogP contribution in [0, 0.1) is 0 Å². The van der Waals surface area contributed by atoms with Gasteiger partial charge in [-0.2, -0.15) is 0 Å². The first-order valence-corrected chi connectivity index (χ1v) is 32.6. The Labute approximate surface area is 546 Å². The van der Waals surface area contributed by atoms with E-state index in [-0.39, 0.29) is 10.8 Å². The van der Waals surface area contributed by atoms with Gasteiger partial charge in [0.1, 0.15) is 0 Å². The molecule has 0 radical (unpaired) electrons. The fourth-order valence-corrected chi connectivity index (χ4v) is 16.1. The quantitative estimate of drug-likeness (QED) is 0.127. The molecule has 0 spiro atoms. The summed E-state index contributed by atoms with van der Waals surface area (Å²) in [4.78, 5) is 5.06. The minimum Gasteiger partial charge on any atom is -0.310 e. The molecule has 1 atom stereocenters. The van der Waals surface area contributed by atoms with Gasteiger partial charge in [-0.05, 0) is 184 Å². The summed E-state index contributed by atoms with van der Waals surface area (Å²) in [6.45, 7) is 9.64. The van der Waals surface area contributed by atoms with Crippen molar-refractivity contribution in [3.8, 4) is 77.9 Å². The van der Waals surface area contributed by atoms with Gasteiger partial charge in [-0.25, -0.2) is 0 Å². The molecule has 17 rings (SSSR count). The second kappa shape index (κ2) is 22.0. The molecule has 0 fully saturated rings. The van der Waals surface area contributed by atoms with Gasteiger partial charge in [0.25, 0.3) is 0 Å². The Morgan fingerprint density at radius 3 is 1.15 bits per heavy atom. The fraction of sp³-hybridized carbons (Fsp3) is 0.0769. The molecule has 2 heteroatoms. The van der Waals surface area contributed by atoms with Gasteiger partial charge in [0.05, 0.1) is 28.2 Å². The first kappa shape index (κ1) is 55.7. The smallest absolute Gasteiger partial charge is 0.0734 e. The molecule has 2 nitrogen and oxygen atoms in total. The molecule has 2 aliphatic carbocycles. The van der Waals surface area contributed by atoms with Gasteiger partial charge in [-0.1, -0.05) is 301 Å². The molecule has 0 bridgehead atoms. The van der Waals surface area contributed by atoms with Gasteiger partial charge in [0, 0.05) is 27.8 Å². The third-order valence-corrected chi connectivity index (χ3v) is 20.5. The van der Waals surface area contributed by atoms with Crippen LogP contribution in [0.15, 0.2) is 340 Å². The minimum absolute atomic E-state index is 0.202. The zero-order valence-corrected chi connectivity index (χ0v) is 52.7. The first-order chi connectivity index (χ1) is 45.6. The number of benzene rings is 14. The standard InChI is InChI=1S/C91H68N2/c1-89(2)81-59-69(63-28-13-7-14-29-63)50-56-83(81)93(85-40-22-36-77-75-34-17-19-38-79(75)90(3,4)87(77)85)84-57-51-70(60-82(84)89)67-44-42-66(43-45-67)68-30-21-33-72(58-68)91(71-31-15-8-16-32-71)80-39-20-18-35-76(80)78-37-23-41-86(88(78)91)92(73-52-46-64(47-53-73)61-24-9-5-10-25-61)74-54-48-65(49-55-74)62-26-11-6-12-27-62/h5-60H,1-4H3. The maximum absolute atomic E-state index is 2.58. The second-order valence-corrected chi connectivity index (χ2v) is 26.3. The predicted molar refractivity (Wildman–Crippen MR) is 390 cm³/mol. The lowest BCUT2D eigenvalue weighted by molar-refractivity contribution is 0.629. The average Bonchev–Trinajstić information content (AvgIpc) is 1.62. The molecular weight excluding hydrogens is 1120 g/mol.